The van der Waals surface area contributed by atoms with Crippen LogP contribution < -0.4 is 4.74 Å². The van der Waals surface area contributed by atoms with Gasteiger partial charge in [0.2, 0.25) is 5.75 Å². The summed E-state index contributed by atoms with van der Waals surface area (Å²) in [5, 5.41) is 27.2. The van der Waals surface area contributed by atoms with Crippen molar-refractivity contribution in [1.82, 2.24) is 9.78 Å². The molecule has 0 spiro atoms. The minimum absolute atomic E-state index is 0.0173. The summed E-state index contributed by atoms with van der Waals surface area (Å²) in [6, 6.07) is 17.6. The zero-order valence-corrected chi connectivity index (χ0v) is 19.9. The summed E-state index contributed by atoms with van der Waals surface area (Å²) < 4.78 is 16.9. The fourth-order valence-electron chi connectivity index (χ4n) is 3.66. The van der Waals surface area contributed by atoms with Crippen LogP contribution in [0.2, 0.25) is 0 Å². The first-order valence-corrected chi connectivity index (χ1v) is 10.8. The Bertz CT molecular complexity index is 1560. The van der Waals surface area contributed by atoms with Gasteiger partial charge in [0.25, 0.3) is 5.69 Å². The predicted molar refractivity (Wildman–Crippen MR) is 132 cm³/mol. The van der Waals surface area contributed by atoms with E-state index in [1.807, 2.05) is 0 Å². The summed E-state index contributed by atoms with van der Waals surface area (Å²) in [4.78, 5) is 46.9. The van der Waals surface area contributed by atoms with Gasteiger partial charge >= 0.3 is 17.6 Å². The van der Waals surface area contributed by atoms with Crippen molar-refractivity contribution in [2.45, 2.75) is 0 Å². The molecule has 0 saturated carbocycles. The molecule has 1 heterocycles. The van der Waals surface area contributed by atoms with E-state index in [2.05, 4.69) is 5.10 Å². The minimum atomic E-state index is -0.890. The highest BCUT2D eigenvalue weighted by Crippen LogP contribution is 2.40. The predicted octanol–water partition coefficient (Wildman–Crippen LogP) is 4.72. The molecule has 1 aromatic heterocycles. The van der Waals surface area contributed by atoms with Crippen LogP contribution in [0.4, 0.5) is 11.4 Å². The number of para-hydroxylation sites is 2. The van der Waals surface area contributed by atoms with Gasteiger partial charge in [0.15, 0.2) is 5.69 Å². The lowest BCUT2D eigenvalue weighted by atomic mass is 10.0. The van der Waals surface area contributed by atoms with E-state index in [1.165, 1.54) is 16.8 Å². The number of nitro benzene ring substituents is 2. The molecule has 0 aliphatic carbocycles. The van der Waals surface area contributed by atoms with Crippen molar-refractivity contribution in [1.29, 1.82) is 0 Å². The minimum Gasteiger partial charge on any atom is -0.465 e. The van der Waals surface area contributed by atoms with Gasteiger partial charge in [0.1, 0.15) is 17.0 Å². The second-order valence-corrected chi connectivity index (χ2v) is 7.57. The third kappa shape index (κ3) is 4.75. The molecule has 0 bridgehead atoms. The highest BCUT2D eigenvalue weighted by molar-refractivity contribution is 6.07. The van der Waals surface area contributed by atoms with E-state index >= 15 is 0 Å². The fourth-order valence-corrected chi connectivity index (χ4v) is 3.66. The van der Waals surface area contributed by atoms with E-state index in [9.17, 15) is 29.8 Å². The number of hydrogen-bond acceptors (Lipinski definition) is 10. The Hall–Kier alpha value is -5.59. The van der Waals surface area contributed by atoms with E-state index in [0.717, 1.165) is 32.4 Å². The van der Waals surface area contributed by atoms with E-state index in [-0.39, 0.29) is 34.0 Å². The Balaban J connectivity index is 1.95. The third-order valence-electron chi connectivity index (χ3n) is 5.37. The summed E-state index contributed by atoms with van der Waals surface area (Å²) >= 11 is 0. The quantitative estimate of drug-likeness (QED) is 0.181. The van der Waals surface area contributed by atoms with Gasteiger partial charge < -0.3 is 14.2 Å². The molecular formula is C25H18N4O9. The molecule has 0 N–H and O–H groups in total. The van der Waals surface area contributed by atoms with Crippen LogP contribution in [0.3, 0.4) is 0 Å². The number of methoxy groups -OCH3 is 2. The normalized spacial score (nSPS) is 10.5. The molecule has 13 nitrogen and oxygen atoms in total. The van der Waals surface area contributed by atoms with Crippen molar-refractivity contribution >= 4 is 23.3 Å². The Morgan fingerprint density at radius 2 is 1.47 bits per heavy atom. The molecule has 0 atom stereocenters. The van der Waals surface area contributed by atoms with Crippen LogP contribution >= 0.6 is 0 Å². The Morgan fingerprint density at radius 3 is 2.11 bits per heavy atom. The third-order valence-corrected chi connectivity index (χ3v) is 5.37. The van der Waals surface area contributed by atoms with Crippen molar-refractivity contribution in [3.63, 3.8) is 0 Å². The van der Waals surface area contributed by atoms with Crippen molar-refractivity contribution in [3.05, 3.63) is 104 Å². The topological polar surface area (TPSA) is 166 Å². The standard InChI is InChI=1S/C25H18N4O9/c1-36-24(30)21-22(26-27(23(21)25(31)37-2)15-8-4-3-5-9-15)17-10-6-7-11-19(17)38-20-13-12-16(28(32)33)14-18(20)29(34)35/h3-14H,1-2H3. The smallest absolute Gasteiger partial charge is 0.357 e. The molecule has 0 fully saturated rings. The van der Waals surface area contributed by atoms with Gasteiger partial charge in [-0.25, -0.2) is 14.3 Å². The number of non-ortho nitro benzene ring substituents is 1. The summed E-state index contributed by atoms with van der Waals surface area (Å²) in [7, 11) is 2.28. The van der Waals surface area contributed by atoms with Crippen molar-refractivity contribution < 1.29 is 33.6 Å². The molecule has 4 rings (SSSR count). The van der Waals surface area contributed by atoms with Crippen LogP contribution in [0.25, 0.3) is 16.9 Å². The fraction of sp³-hybridized carbons (Fsp3) is 0.0800. The maximum absolute atomic E-state index is 12.9. The Morgan fingerprint density at radius 1 is 0.816 bits per heavy atom. The van der Waals surface area contributed by atoms with Crippen molar-refractivity contribution in [3.8, 4) is 28.4 Å². The number of hydrogen-bond donors (Lipinski definition) is 0. The first kappa shape index (κ1) is 25.5. The van der Waals surface area contributed by atoms with E-state index in [0.29, 0.717) is 5.69 Å². The van der Waals surface area contributed by atoms with Gasteiger partial charge in [0.05, 0.1) is 35.8 Å². The molecule has 3 aromatic carbocycles. The number of ether oxygens (including phenoxy) is 3. The largest absolute Gasteiger partial charge is 0.465 e. The molecule has 0 aliphatic rings. The number of benzene rings is 3. The molecule has 0 unspecified atom stereocenters. The monoisotopic (exact) mass is 518 g/mol. The number of carbonyl (C=O) groups excluding carboxylic acids is 2. The molecule has 4 aromatic rings. The Labute approximate surface area is 214 Å². The van der Waals surface area contributed by atoms with Crippen molar-refractivity contribution in [2.75, 3.05) is 14.2 Å². The average molecular weight is 518 g/mol. The SMILES string of the molecule is COC(=O)c1c(-c2ccccc2Oc2ccc([N+](=O)[O-])cc2[N+](=O)[O-])nn(-c2ccccc2)c1C(=O)OC. The second-order valence-electron chi connectivity index (χ2n) is 7.57. The summed E-state index contributed by atoms with van der Waals surface area (Å²) in [5.74, 6) is -2.02. The average Bonchev–Trinajstić information content (AvgIpc) is 3.33. The van der Waals surface area contributed by atoms with Crippen LogP contribution in [0.5, 0.6) is 11.5 Å². The number of carbonyl (C=O) groups is 2. The van der Waals surface area contributed by atoms with Crippen molar-refractivity contribution in [2.24, 2.45) is 0 Å². The van der Waals surface area contributed by atoms with Crippen LogP contribution in [-0.4, -0.2) is 45.8 Å². The van der Waals surface area contributed by atoms with Gasteiger partial charge in [-0.1, -0.05) is 30.3 Å². The lowest BCUT2D eigenvalue weighted by Crippen LogP contribution is -2.15. The molecule has 0 amide bonds. The maximum Gasteiger partial charge on any atom is 0.357 e. The molecule has 0 aliphatic heterocycles. The lowest BCUT2D eigenvalue weighted by molar-refractivity contribution is -0.394. The first-order valence-electron chi connectivity index (χ1n) is 10.8. The van der Waals surface area contributed by atoms with Gasteiger partial charge in [-0.2, -0.15) is 5.10 Å². The summed E-state index contributed by atoms with van der Waals surface area (Å²) in [5.41, 5.74) is -0.980. The number of aromatic nitrogens is 2. The molecule has 0 saturated heterocycles. The number of nitro groups is 2. The summed E-state index contributed by atoms with van der Waals surface area (Å²) in [6.07, 6.45) is 0. The highest BCUT2D eigenvalue weighted by Gasteiger charge is 2.33. The number of esters is 2. The van der Waals surface area contributed by atoms with E-state index in [4.69, 9.17) is 14.2 Å². The van der Waals surface area contributed by atoms with E-state index < -0.39 is 33.2 Å². The van der Waals surface area contributed by atoms with Gasteiger partial charge in [-0.3, -0.25) is 20.2 Å². The highest BCUT2D eigenvalue weighted by atomic mass is 16.6. The summed E-state index contributed by atoms with van der Waals surface area (Å²) in [6.45, 7) is 0. The molecule has 13 heteroatoms. The van der Waals surface area contributed by atoms with Gasteiger partial charge in [-0.15, -0.1) is 0 Å². The zero-order valence-electron chi connectivity index (χ0n) is 19.9. The molecular weight excluding hydrogens is 500 g/mol. The Kier molecular flexibility index (Phi) is 7.10. The van der Waals surface area contributed by atoms with E-state index in [1.54, 1.807) is 42.5 Å². The van der Waals surface area contributed by atoms with Crippen LogP contribution in [0, 0.1) is 20.2 Å². The number of rotatable bonds is 8. The number of nitrogens with zero attached hydrogens (tertiary/aromatic N) is 4. The molecule has 38 heavy (non-hydrogen) atoms. The van der Waals surface area contributed by atoms with Crippen LogP contribution in [0.1, 0.15) is 20.8 Å². The maximum atomic E-state index is 12.9. The van der Waals surface area contributed by atoms with Crippen LogP contribution in [0.15, 0.2) is 72.8 Å². The molecule has 0 radical (unpaired) electrons. The second kappa shape index (κ2) is 10.6. The van der Waals surface area contributed by atoms with Gasteiger partial charge in [-0.05, 0) is 30.3 Å². The van der Waals surface area contributed by atoms with Crippen LogP contribution in [-0.2, 0) is 9.47 Å². The van der Waals surface area contributed by atoms with Gasteiger partial charge in [0, 0.05) is 11.6 Å². The first-order chi connectivity index (χ1) is 18.3. The molecule has 192 valence electrons. The lowest BCUT2D eigenvalue weighted by Gasteiger charge is -2.11. The zero-order chi connectivity index (χ0) is 27.4.